The average molecular weight is 299 g/mol. The fraction of sp³-hybridized carbons (Fsp3) is 0.0909. The highest BCUT2D eigenvalue weighted by Gasteiger charge is 2.17. The molecule has 2 rings (SSSR count). The molecule has 20 heavy (non-hydrogen) atoms. The number of amides is 1. The van der Waals surface area contributed by atoms with Crippen molar-refractivity contribution in [3.63, 3.8) is 0 Å². The predicted octanol–water partition coefficient (Wildman–Crippen LogP) is 1.86. The first-order valence-electron chi connectivity index (χ1n) is 5.19. The number of esters is 1. The SMILES string of the molecule is COC(=O)c1nsc(NC(=O)c2ccc(F)cc2F)n1. The highest BCUT2D eigenvalue weighted by Crippen LogP contribution is 2.15. The molecule has 0 spiro atoms. The minimum atomic E-state index is -1.000. The highest BCUT2D eigenvalue weighted by atomic mass is 32.1. The van der Waals surface area contributed by atoms with Crippen molar-refractivity contribution < 1.29 is 23.1 Å². The molecule has 0 saturated carbocycles. The van der Waals surface area contributed by atoms with Gasteiger partial charge < -0.3 is 4.74 Å². The average Bonchev–Trinajstić information content (AvgIpc) is 2.86. The van der Waals surface area contributed by atoms with E-state index in [1.165, 1.54) is 0 Å². The van der Waals surface area contributed by atoms with Crippen LogP contribution in [-0.4, -0.2) is 28.3 Å². The van der Waals surface area contributed by atoms with Crippen molar-refractivity contribution in [1.29, 1.82) is 0 Å². The molecule has 2 aromatic rings. The van der Waals surface area contributed by atoms with Crippen molar-refractivity contribution in [3.8, 4) is 0 Å². The van der Waals surface area contributed by atoms with E-state index in [1.54, 1.807) is 0 Å². The summed E-state index contributed by atoms with van der Waals surface area (Å²) in [6.45, 7) is 0. The van der Waals surface area contributed by atoms with E-state index in [-0.39, 0.29) is 16.5 Å². The lowest BCUT2D eigenvalue weighted by Gasteiger charge is -2.02. The lowest BCUT2D eigenvalue weighted by atomic mass is 10.2. The fourth-order valence-electron chi connectivity index (χ4n) is 1.29. The Bertz CT molecular complexity index is 675. The van der Waals surface area contributed by atoms with Crippen molar-refractivity contribution in [2.24, 2.45) is 0 Å². The number of methoxy groups -OCH3 is 1. The quantitative estimate of drug-likeness (QED) is 0.875. The van der Waals surface area contributed by atoms with Gasteiger partial charge in [0.1, 0.15) is 11.6 Å². The Hall–Kier alpha value is -2.42. The lowest BCUT2D eigenvalue weighted by molar-refractivity contribution is 0.0588. The molecule has 0 aliphatic rings. The molecule has 1 N–H and O–H groups in total. The minimum Gasteiger partial charge on any atom is -0.463 e. The third-order valence-electron chi connectivity index (χ3n) is 2.19. The molecule has 6 nitrogen and oxygen atoms in total. The summed E-state index contributed by atoms with van der Waals surface area (Å²) in [6.07, 6.45) is 0. The summed E-state index contributed by atoms with van der Waals surface area (Å²) in [5, 5.41) is 2.25. The van der Waals surface area contributed by atoms with Gasteiger partial charge in [-0.3, -0.25) is 10.1 Å². The van der Waals surface area contributed by atoms with E-state index in [4.69, 9.17) is 0 Å². The van der Waals surface area contributed by atoms with Crippen LogP contribution < -0.4 is 5.32 Å². The number of halogens is 2. The maximum Gasteiger partial charge on any atom is 0.377 e. The van der Waals surface area contributed by atoms with E-state index in [2.05, 4.69) is 19.4 Å². The second-order valence-electron chi connectivity index (χ2n) is 3.49. The van der Waals surface area contributed by atoms with Crippen molar-refractivity contribution in [1.82, 2.24) is 9.36 Å². The number of carbonyl (C=O) groups is 2. The second-order valence-corrected chi connectivity index (χ2v) is 4.24. The zero-order valence-electron chi connectivity index (χ0n) is 10.0. The van der Waals surface area contributed by atoms with Gasteiger partial charge in [-0.05, 0) is 12.1 Å². The van der Waals surface area contributed by atoms with E-state index in [0.717, 1.165) is 30.8 Å². The Balaban J connectivity index is 2.15. The van der Waals surface area contributed by atoms with Crippen LogP contribution in [0.5, 0.6) is 0 Å². The molecule has 1 amide bonds. The van der Waals surface area contributed by atoms with Crippen molar-refractivity contribution in [3.05, 3.63) is 41.2 Å². The van der Waals surface area contributed by atoms with Crippen LogP contribution >= 0.6 is 11.5 Å². The van der Waals surface area contributed by atoms with E-state index in [9.17, 15) is 18.4 Å². The molecule has 0 unspecified atom stereocenters. The normalized spacial score (nSPS) is 10.2. The summed E-state index contributed by atoms with van der Waals surface area (Å²) in [4.78, 5) is 26.6. The van der Waals surface area contributed by atoms with Gasteiger partial charge >= 0.3 is 5.97 Å². The molecule has 1 heterocycles. The monoisotopic (exact) mass is 299 g/mol. The van der Waals surface area contributed by atoms with Crippen molar-refractivity contribution in [2.75, 3.05) is 12.4 Å². The lowest BCUT2D eigenvalue weighted by Crippen LogP contribution is -2.14. The van der Waals surface area contributed by atoms with Crippen molar-refractivity contribution >= 4 is 28.5 Å². The number of carbonyl (C=O) groups excluding carboxylic acids is 2. The Labute approximate surface area is 115 Å². The zero-order chi connectivity index (χ0) is 14.7. The molecule has 104 valence electrons. The van der Waals surface area contributed by atoms with Gasteiger partial charge in [0.05, 0.1) is 12.7 Å². The molecule has 0 aliphatic carbocycles. The van der Waals surface area contributed by atoms with Gasteiger partial charge in [-0.25, -0.2) is 13.6 Å². The van der Waals surface area contributed by atoms with Gasteiger partial charge in [0.2, 0.25) is 5.13 Å². The van der Waals surface area contributed by atoms with Gasteiger partial charge in [-0.15, -0.1) is 0 Å². The van der Waals surface area contributed by atoms with Gasteiger partial charge in [-0.2, -0.15) is 9.36 Å². The van der Waals surface area contributed by atoms with Crippen LogP contribution in [0, 0.1) is 11.6 Å². The largest absolute Gasteiger partial charge is 0.463 e. The summed E-state index contributed by atoms with van der Waals surface area (Å²) in [5.74, 6) is -3.58. The Morgan fingerprint density at radius 2 is 2.10 bits per heavy atom. The smallest absolute Gasteiger partial charge is 0.377 e. The summed E-state index contributed by atoms with van der Waals surface area (Å²) in [7, 11) is 1.16. The standard InChI is InChI=1S/C11H7F2N3O3S/c1-19-10(18)8-14-11(20-16-8)15-9(17)6-3-2-5(12)4-7(6)13/h2-4H,1H3,(H,14,15,16,17). The number of rotatable bonds is 3. The number of hydrogen-bond acceptors (Lipinski definition) is 6. The number of ether oxygens (including phenoxy) is 1. The van der Waals surface area contributed by atoms with Gasteiger partial charge in [0.15, 0.2) is 0 Å². The van der Waals surface area contributed by atoms with Crippen LogP contribution in [-0.2, 0) is 4.74 Å². The molecule has 0 atom stereocenters. The molecule has 0 bridgehead atoms. The third-order valence-corrected chi connectivity index (χ3v) is 2.82. The molecule has 0 aliphatic heterocycles. The third kappa shape index (κ3) is 2.94. The number of nitrogens with zero attached hydrogens (tertiary/aromatic N) is 2. The van der Waals surface area contributed by atoms with Crippen LogP contribution in [0.2, 0.25) is 0 Å². The first-order valence-corrected chi connectivity index (χ1v) is 5.97. The van der Waals surface area contributed by atoms with Crippen molar-refractivity contribution in [2.45, 2.75) is 0 Å². The molecular weight excluding hydrogens is 292 g/mol. The zero-order valence-corrected chi connectivity index (χ0v) is 10.8. The number of anilines is 1. The number of aromatic nitrogens is 2. The Morgan fingerprint density at radius 3 is 2.75 bits per heavy atom. The first-order chi connectivity index (χ1) is 9.51. The van der Waals surface area contributed by atoms with E-state index >= 15 is 0 Å². The van der Waals surface area contributed by atoms with Crippen LogP contribution in [0.1, 0.15) is 21.0 Å². The van der Waals surface area contributed by atoms with E-state index < -0.39 is 23.5 Å². The van der Waals surface area contributed by atoms with Crippen LogP contribution in [0.15, 0.2) is 18.2 Å². The molecule has 0 fully saturated rings. The molecule has 1 aromatic carbocycles. The van der Waals surface area contributed by atoms with Crippen LogP contribution in [0.3, 0.4) is 0 Å². The fourth-order valence-corrected chi connectivity index (χ4v) is 1.84. The molecular formula is C11H7F2N3O3S. The maximum absolute atomic E-state index is 13.4. The van der Waals surface area contributed by atoms with E-state index in [1.807, 2.05) is 0 Å². The van der Waals surface area contributed by atoms with Gasteiger partial charge in [0.25, 0.3) is 11.7 Å². The number of benzene rings is 1. The van der Waals surface area contributed by atoms with Crippen LogP contribution in [0.4, 0.5) is 13.9 Å². The first kappa shape index (κ1) is 14.0. The Kier molecular flexibility index (Phi) is 3.99. The van der Waals surface area contributed by atoms with E-state index in [0.29, 0.717) is 6.07 Å². The highest BCUT2D eigenvalue weighted by molar-refractivity contribution is 7.10. The van der Waals surface area contributed by atoms with Gasteiger partial charge in [0, 0.05) is 17.6 Å². The predicted molar refractivity (Wildman–Crippen MR) is 65.6 cm³/mol. The maximum atomic E-state index is 13.4. The number of hydrogen-bond donors (Lipinski definition) is 1. The molecule has 0 radical (unpaired) electrons. The summed E-state index contributed by atoms with van der Waals surface area (Å²) in [6, 6.07) is 2.55. The summed E-state index contributed by atoms with van der Waals surface area (Å²) >= 11 is 0.735. The topological polar surface area (TPSA) is 81.2 Å². The molecule has 9 heteroatoms. The number of nitrogens with one attached hydrogen (secondary N) is 1. The summed E-state index contributed by atoms with van der Waals surface area (Å²) in [5.41, 5.74) is -0.346. The molecule has 0 saturated heterocycles. The van der Waals surface area contributed by atoms with Crippen LogP contribution in [0.25, 0.3) is 0 Å². The molecule has 1 aromatic heterocycles. The minimum absolute atomic E-state index is 0.000810. The summed E-state index contributed by atoms with van der Waals surface area (Å²) < 4.78 is 34.2. The van der Waals surface area contributed by atoms with Gasteiger partial charge in [-0.1, -0.05) is 0 Å². The Morgan fingerprint density at radius 1 is 1.35 bits per heavy atom. The second kappa shape index (κ2) is 5.70.